The SMILES string of the molecule is CC(C)CN(CC(C)C)C(=O)c1cc(NN)ccn1. The number of carbonyl (C=O) groups excluding carboxylic acids is 1. The van der Waals surface area contributed by atoms with Gasteiger partial charge in [-0.1, -0.05) is 27.7 Å². The van der Waals surface area contributed by atoms with Crippen molar-refractivity contribution in [3.05, 3.63) is 24.0 Å². The molecule has 0 aliphatic rings. The molecule has 1 heterocycles. The number of pyridine rings is 1. The molecule has 0 aliphatic heterocycles. The number of nitrogens with two attached hydrogens (primary N) is 1. The fourth-order valence-electron chi connectivity index (χ4n) is 1.92. The third kappa shape index (κ3) is 4.87. The summed E-state index contributed by atoms with van der Waals surface area (Å²) < 4.78 is 0. The van der Waals surface area contributed by atoms with Crippen LogP contribution in [0, 0.1) is 11.8 Å². The van der Waals surface area contributed by atoms with Crippen LogP contribution in [0.5, 0.6) is 0 Å². The fourth-order valence-corrected chi connectivity index (χ4v) is 1.92. The zero-order valence-corrected chi connectivity index (χ0v) is 12.2. The molecule has 0 fully saturated rings. The van der Waals surface area contributed by atoms with Crippen LogP contribution in [0.15, 0.2) is 18.3 Å². The predicted octanol–water partition coefficient (Wildman–Crippen LogP) is 2.12. The Balaban J connectivity index is 2.90. The summed E-state index contributed by atoms with van der Waals surface area (Å²) in [5.74, 6) is 6.17. The number of rotatable bonds is 6. The van der Waals surface area contributed by atoms with E-state index < -0.39 is 0 Å². The van der Waals surface area contributed by atoms with Gasteiger partial charge in [0.15, 0.2) is 0 Å². The molecule has 0 aliphatic carbocycles. The number of carbonyl (C=O) groups is 1. The number of hydrazine groups is 1. The van der Waals surface area contributed by atoms with Gasteiger partial charge in [0.05, 0.1) is 5.69 Å². The van der Waals surface area contributed by atoms with E-state index in [0.29, 0.717) is 23.2 Å². The van der Waals surface area contributed by atoms with Gasteiger partial charge < -0.3 is 10.3 Å². The first-order valence-corrected chi connectivity index (χ1v) is 6.66. The van der Waals surface area contributed by atoms with E-state index in [2.05, 4.69) is 38.1 Å². The second-order valence-electron chi connectivity index (χ2n) is 5.57. The molecule has 19 heavy (non-hydrogen) atoms. The number of anilines is 1. The summed E-state index contributed by atoms with van der Waals surface area (Å²) in [6.07, 6.45) is 1.59. The highest BCUT2D eigenvalue weighted by molar-refractivity contribution is 5.93. The molecule has 0 bridgehead atoms. The normalized spacial score (nSPS) is 10.9. The predicted molar refractivity (Wildman–Crippen MR) is 77.6 cm³/mol. The van der Waals surface area contributed by atoms with Crippen LogP contribution in [0.25, 0.3) is 0 Å². The van der Waals surface area contributed by atoms with Crippen LogP contribution >= 0.6 is 0 Å². The van der Waals surface area contributed by atoms with Gasteiger partial charge in [-0.3, -0.25) is 15.6 Å². The first-order chi connectivity index (χ1) is 8.93. The van der Waals surface area contributed by atoms with Crippen LogP contribution < -0.4 is 11.3 Å². The van der Waals surface area contributed by atoms with Crippen LogP contribution in [0.4, 0.5) is 5.69 Å². The Morgan fingerprint density at radius 2 is 1.89 bits per heavy atom. The van der Waals surface area contributed by atoms with Crippen LogP contribution in [0.3, 0.4) is 0 Å². The van der Waals surface area contributed by atoms with Gasteiger partial charge in [0.1, 0.15) is 5.69 Å². The van der Waals surface area contributed by atoms with Crippen LogP contribution in [0.2, 0.25) is 0 Å². The van der Waals surface area contributed by atoms with E-state index in [9.17, 15) is 4.79 Å². The lowest BCUT2D eigenvalue weighted by Crippen LogP contribution is -2.37. The molecule has 0 saturated carbocycles. The molecule has 0 atom stereocenters. The second kappa shape index (κ2) is 7.09. The standard InChI is InChI=1S/C14H24N4O/c1-10(2)8-18(9-11(3)4)14(19)13-7-12(17-15)5-6-16-13/h5-7,10-11H,8-9,15H2,1-4H3,(H,16,17). The Morgan fingerprint density at radius 1 is 1.32 bits per heavy atom. The lowest BCUT2D eigenvalue weighted by Gasteiger charge is -2.26. The highest BCUT2D eigenvalue weighted by atomic mass is 16.2. The molecule has 3 N–H and O–H groups in total. The zero-order chi connectivity index (χ0) is 14.4. The molecule has 1 aromatic rings. The first kappa shape index (κ1) is 15.4. The average molecular weight is 264 g/mol. The molecule has 0 unspecified atom stereocenters. The van der Waals surface area contributed by atoms with E-state index in [0.717, 1.165) is 13.1 Å². The van der Waals surface area contributed by atoms with E-state index in [-0.39, 0.29) is 5.91 Å². The molecule has 5 nitrogen and oxygen atoms in total. The van der Waals surface area contributed by atoms with Crippen molar-refractivity contribution in [1.29, 1.82) is 0 Å². The van der Waals surface area contributed by atoms with Gasteiger partial charge in [-0.05, 0) is 24.0 Å². The first-order valence-electron chi connectivity index (χ1n) is 6.66. The van der Waals surface area contributed by atoms with Crippen molar-refractivity contribution in [3.63, 3.8) is 0 Å². The minimum Gasteiger partial charge on any atom is -0.337 e. The molecule has 106 valence electrons. The molecule has 0 aromatic carbocycles. The van der Waals surface area contributed by atoms with Crippen molar-refractivity contribution in [1.82, 2.24) is 9.88 Å². The molecule has 1 rings (SSSR count). The Labute approximate surface area is 115 Å². The second-order valence-corrected chi connectivity index (χ2v) is 5.57. The van der Waals surface area contributed by atoms with Crippen LogP contribution in [-0.2, 0) is 0 Å². The number of hydrogen-bond donors (Lipinski definition) is 2. The number of amides is 1. The Hall–Kier alpha value is -1.62. The maximum absolute atomic E-state index is 12.5. The van der Waals surface area contributed by atoms with Crippen molar-refractivity contribution in [2.45, 2.75) is 27.7 Å². The maximum atomic E-state index is 12.5. The summed E-state index contributed by atoms with van der Waals surface area (Å²) in [6.45, 7) is 9.88. The molecule has 1 aromatic heterocycles. The molecular formula is C14H24N4O. The van der Waals surface area contributed by atoms with Gasteiger partial charge in [0.2, 0.25) is 0 Å². The molecular weight excluding hydrogens is 240 g/mol. The van der Waals surface area contributed by atoms with E-state index in [1.807, 2.05) is 4.90 Å². The lowest BCUT2D eigenvalue weighted by molar-refractivity contribution is 0.0709. The van der Waals surface area contributed by atoms with Gasteiger partial charge in [0.25, 0.3) is 5.91 Å². The monoisotopic (exact) mass is 264 g/mol. The third-order valence-electron chi connectivity index (χ3n) is 2.60. The van der Waals surface area contributed by atoms with Crippen LogP contribution in [-0.4, -0.2) is 28.9 Å². The number of nitrogens with one attached hydrogen (secondary N) is 1. The van der Waals surface area contributed by atoms with Gasteiger partial charge in [-0.15, -0.1) is 0 Å². The molecule has 0 radical (unpaired) electrons. The van der Waals surface area contributed by atoms with Gasteiger partial charge in [-0.2, -0.15) is 0 Å². The number of nitrogens with zero attached hydrogens (tertiary/aromatic N) is 2. The minimum atomic E-state index is -0.0421. The van der Waals surface area contributed by atoms with Crippen molar-refractivity contribution in [3.8, 4) is 0 Å². The van der Waals surface area contributed by atoms with E-state index in [1.54, 1.807) is 18.3 Å². The Kier molecular flexibility index (Phi) is 5.76. The summed E-state index contributed by atoms with van der Waals surface area (Å²) in [5.41, 5.74) is 3.65. The third-order valence-corrected chi connectivity index (χ3v) is 2.60. The highest BCUT2D eigenvalue weighted by Gasteiger charge is 2.19. The van der Waals surface area contributed by atoms with Gasteiger partial charge in [-0.25, -0.2) is 0 Å². The topological polar surface area (TPSA) is 71.2 Å². The number of aromatic nitrogens is 1. The minimum absolute atomic E-state index is 0.0421. The quantitative estimate of drug-likeness (QED) is 0.610. The Bertz CT molecular complexity index is 408. The average Bonchev–Trinajstić information content (AvgIpc) is 2.36. The molecule has 0 spiro atoms. The fraction of sp³-hybridized carbons (Fsp3) is 0.571. The highest BCUT2D eigenvalue weighted by Crippen LogP contribution is 2.12. The van der Waals surface area contributed by atoms with Crippen molar-refractivity contribution in [2.75, 3.05) is 18.5 Å². The maximum Gasteiger partial charge on any atom is 0.272 e. The summed E-state index contributed by atoms with van der Waals surface area (Å²) in [5, 5.41) is 0. The van der Waals surface area contributed by atoms with E-state index >= 15 is 0 Å². The summed E-state index contributed by atoms with van der Waals surface area (Å²) in [6, 6.07) is 3.40. The largest absolute Gasteiger partial charge is 0.337 e. The summed E-state index contributed by atoms with van der Waals surface area (Å²) >= 11 is 0. The van der Waals surface area contributed by atoms with E-state index in [1.165, 1.54) is 0 Å². The summed E-state index contributed by atoms with van der Waals surface area (Å²) in [4.78, 5) is 18.5. The molecule has 0 saturated heterocycles. The lowest BCUT2D eigenvalue weighted by atomic mass is 10.1. The molecule has 1 amide bonds. The Morgan fingerprint density at radius 3 is 2.37 bits per heavy atom. The van der Waals surface area contributed by atoms with Gasteiger partial charge >= 0.3 is 0 Å². The van der Waals surface area contributed by atoms with Gasteiger partial charge in [0, 0.05) is 19.3 Å². The summed E-state index contributed by atoms with van der Waals surface area (Å²) in [7, 11) is 0. The van der Waals surface area contributed by atoms with Crippen molar-refractivity contribution < 1.29 is 4.79 Å². The smallest absolute Gasteiger partial charge is 0.272 e. The van der Waals surface area contributed by atoms with E-state index in [4.69, 9.17) is 5.84 Å². The number of hydrogen-bond acceptors (Lipinski definition) is 4. The van der Waals surface area contributed by atoms with Crippen molar-refractivity contribution >= 4 is 11.6 Å². The molecule has 5 heteroatoms. The zero-order valence-electron chi connectivity index (χ0n) is 12.2. The number of nitrogen functional groups attached to an aromatic ring is 1. The van der Waals surface area contributed by atoms with Crippen LogP contribution in [0.1, 0.15) is 38.2 Å². The van der Waals surface area contributed by atoms with Crippen molar-refractivity contribution in [2.24, 2.45) is 17.7 Å².